The number of anilines is 1. The largest absolute Gasteiger partial charge is 0.462 e. The molecule has 16 heavy (non-hydrogen) atoms. The molecule has 3 nitrogen and oxygen atoms in total. The first kappa shape index (κ1) is 11.0. The molecule has 0 atom stereocenters. The normalized spacial score (nSPS) is 11.9. The van der Waals surface area contributed by atoms with E-state index in [1.807, 2.05) is 32.0 Å². The van der Waals surface area contributed by atoms with Crippen molar-refractivity contribution < 1.29 is 4.42 Å². The molecule has 0 aliphatic heterocycles. The minimum absolute atomic E-state index is 0.132. The Morgan fingerprint density at radius 2 is 2.06 bits per heavy atom. The number of fused-ring (bicyclic) bond motifs is 1. The molecule has 0 unspecified atom stereocenters. The van der Waals surface area contributed by atoms with Gasteiger partial charge in [-0.25, -0.2) is 0 Å². The SMILES string of the molecule is CC(C)(N)CCNc1coc2ccccc12. The van der Waals surface area contributed by atoms with Gasteiger partial charge in [0.15, 0.2) is 0 Å². The summed E-state index contributed by atoms with van der Waals surface area (Å²) in [5.74, 6) is 0. The summed E-state index contributed by atoms with van der Waals surface area (Å²) >= 11 is 0. The van der Waals surface area contributed by atoms with Gasteiger partial charge in [-0.15, -0.1) is 0 Å². The smallest absolute Gasteiger partial charge is 0.136 e. The van der Waals surface area contributed by atoms with Crippen molar-refractivity contribution in [3.05, 3.63) is 30.5 Å². The summed E-state index contributed by atoms with van der Waals surface area (Å²) in [7, 11) is 0. The van der Waals surface area contributed by atoms with Crippen molar-refractivity contribution in [1.29, 1.82) is 0 Å². The van der Waals surface area contributed by atoms with Gasteiger partial charge in [-0.1, -0.05) is 12.1 Å². The maximum Gasteiger partial charge on any atom is 0.136 e. The molecule has 3 heteroatoms. The minimum Gasteiger partial charge on any atom is -0.462 e. The summed E-state index contributed by atoms with van der Waals surface area (Å²) in [5, 5.41) is 4.47. The highest BCUT2D eigenvalue weighted by molar-refractivity contribution is 5.90. The summed E-state index contributed by atoms with van der Waals surface area (Å²) in [4.78, 5) is 0. The molecule has 1 aromatic carbocycles. The van der Waals surface area contributed by atoms with Crippen molar-refractivity contribution in [1.82, 2.24) is 0 Å². The molecule has 0 aliphatic carbocycles. The van der Waals surface area contributed by atoms with E-state index in [9.17, 15) is 0 Å². The molecule has 0 spiro atoms. The molecule has 0 radical (unpaired) electrons. The number of para-hydroxylation sites is 1. The molecular weight excluding hydrogens is 200 g/mol. The molecule has 2 rings (SSSR count). The Morgan fingerprint density at radius 3 is 2.81 bits per heavy atom. The van der Waals surface area contributed by atoms with Gasteiger partial charge in [0.2, 0.25) is 0 Å². The summed E-state index contributed by atoms with van der Waals surface area (Å²) in [6.07, 6.45) is 2.68. The van der Waals surface area contributed by atoms with Crippen LogP contribution >= 0.6 is 0 Å². The van der Waals surface area contributed by atoms with Crippen molar-refractivity contribution in [2.75, 3.05) is 11.9 Å². The van der Waals surface area contributed by atoms with Gasteiger partial charge in [-0.05, 0) is 32.4 Å². The van der Waals surface area contributed by atoms with E-state index in [1.165, 1.54) is 0 Å². The number of benzene rings is 1. The Labute approximate surface area is 95.6 Å². The highest BCUT2D eigenvalue weighted by Gasteiger charge is 2.10. The first-order valence-corrected chi connectivity index (χ1v) is 5.55. The minimum atomic E-state index is -0.132. The van der Waals surface area contributed by atoms with E-state index in [0.717, 1.165) is 29.6 Å². The molecule has 0 amide bonds. The van der Waals surface area contributed by atoms with Crippen LogP contribution in [-0.2, 0) is 0 Å². The molecule has 0 bridgehead atoms. The van der Waals surface area contributed by atoms with Gasteiger partial charge in [-0.3, -0.25) is 0 Å². The first-order valence-electron chi connectivity index (χ1n) is 5.55. The Bertz CT molecular complexity index is 468. The average molecular weight is 218 g/mol. The maximum atomic E-state index is 5.92. The predicted octanol–water partition coefficient (Wildman–Crippen LogP) is 2.97. The van der Waals surface area contributed by atoms with Crippen LogP contribution in [0.1, 0.15) is 20.3 Å². The Morgan fingerprint density at radius 1 is 1.31 bits per heavy atom. The van der Waals surface area contributed by atoms with Crippen LogP contribution < -0.4 is 11.1 Å². The second kappa shape index (κ2) is 4.18. The van der Waals surface area contributed by atoms with Gasteiger partial charge in [-0.2, -0.15) is 0 Å². The van der Waals surface area contributed by atoms with E-state index in [-0.39, 0.29) is 5.54 Å². The highest BCUT2D eigenvalue weighted by atomic mass is 16.3. The van der Waals surface area contributed by atoms with Gasteiger partial charge in [0.25, 0.3) is 0 Å². The third-order valence-electron chi connectivity index (χ3n) is 2.57. The number of furan rings is 1. The van der Waals surface area contributed by atoms with Crippen LogP contribution in [0.5, 0.6) is 0 Å². The fraction of sp³-hybridized carbons (Fsp3) is 0.385. The molecule has 2 aromatic rings. The summed E-state index contributed by atoms with van der Waals surface area (Å²) in [6.45, 7) is 4.91. The fourth-order valence-electron chi connectivity index (χ4n) is 1.63. The fourth-order valence-corrected chi connectivity index (χ4v) is 1.63. The molecule has 0 saturated heterocycles. The van der Waals surface area contributed by atoms with Crippen molar-refractivity contribution in [2.45, 2.75) is 25.8 Å². The number of hydrogen-bond acceptors (Lipinski definition) is 3. The lowest BCUT2D eigenvalue weighted by Crippen LogP contribution is -2.34. The lowest BCUT2D eigenvalue weighted by Gasteiger charge is -2.18. The Hall–Kier alpha value is -1.48. The van der Waals surface area contributed by atoms with E-state index < -0.39 is 0 Å². The topological polar surface area (TPSA) is 51.2 Å². The van der Waals surface area contributed by atoms with E-state index in [2.05, 4.69) is 11.4 Å². The van der Waals surface area contributed by atoms with E-state index in [1.54, 1.807) is 6.26 Å². The van der Waals surface area contributed by atoms with Crippen LogP contribution in [0.25, 0.3) is 11.0 Å². The lowest BCUT2D eigenvalue weighted by molar-refractivity contribution is 0.490. The van der Waals surface area contributed by atoms with Crippen molar-refractivity contribution in [3.63, 3.8) is 0 Å². The number of hydrogen-bond donors (Lipinski definition) is 2. The number of nitrogens with two attached hydrogens (primary N) is 1. The molecule has 0 fully saturated rings. The van der Waals surface area contributed by atoms with Gasteiger partial charge < -0.3 is 15.5 Å². The molecular formula is C13H18N2O. The van der Waals surface area contributed by atoms with Crippen molar-refractivity contribution >= 4 is 16.7 Å². The van der Waals surface area contributed by atoms with Gasteiger partial charge in [0.1, 0.15) is 11.8 Å². The molecule has 1 aromatic heterocycles. The van der Waals surface area contributed by atoms with Crippen LogP contribution in [0.15, 0.2) is 34.9 Å². The molecule has 0 aliphatic rings. The average Bonchev–Trinajstić information content (AvgIpc) is 2.60. The number of nitrogens with one attached hydrogen (secondary N) is 1. The summed E-state index contributed by atoms with van der Waals surface area (Å²) in [6, 6.07) is 8.00. The first-order chi connectivity index (χ1) is 7.56. The molecule has 3 N–H and O–H groups in total. The second-order valence-corrected chi connectivity index (χ2v) is 4.81. The lowest BCUT2D eigenvalue weighted by atomic mass is 10.0. The summed E-state index contributed by atoms with van der Waals surface area (Å²) < 4.78 is 5.44. The predicted molar refractivity (Wildman–Crippen MR) is 67.6 cm³/mol. The molecule has 1 heterocycles. The van der Waals surface area contributed by atoms with Crippen LogP contribution in [0.2, 0.25) is 0 Å². The summed E-state index contributed by atoms with van der Waals surface area (Å²) in [5.41, 5.74) is 7.75. The van der Waals surface area contributed by atoms with Crippen LogP contribution in [-0.4, -0.2) is 12.1 Å². The standard InChI is InChI=1S/C13H18N2O/c1-13(2,14)7-8-15-11-9-16-12-6-4-3-5-10(11)12/h3-6,9,15H,7-8,14H2,1-2H3. The van der Waals surface area contributed by atoms with Gasteiger partial charge in [0, 0.05) is 17.5 Å². The number of rotatable bonds is 4. The van der Waals surface area contributed by atoms with Crippen LogP contribution in [0, 0.1) is 0 Å². The van der Waals surface area contributed by atoms with Crippen LogP contribution in [0.4, 0.5) is 5.69 Å². The van der Waals surface area contributed by atoms with Crippen LogP contribution in [0.3, 0.4) is 0 Å². The third-order valence-corrected chi connectivity index (χ3v) is 2.57. The zero-order valence-electron chi connectivity index (χ0n) is 9.79. The Kier molecular flexibility index (Phi) is 2.88. The van der Waals surface area contributed by atoms with Gasteiger partial charge >= 0.3 is 0 Å². The third kappa shape index (κ3) is 2.55. The monoisotopic (exact) mass is 218 g/mol. The van der Waals surface area contributed by atoms with E-state index >= 15 is 0 Å². The van der Waals surface area contributed by atoms with Crippen molar-refractivity contribution in [3.8, 4) is 0 Å². The van der Waals surface area contributed by atoms with E-state index in [0.29, 0.717) is 0 Å². The maximum absolute atomic E-state index is 5.92. The zero-order chi connectivity index (χ0) is 11.6. The highest BCUT2D eigenvalue weighted by Crippen LogP contribution is 2.25. The zero-order valence-corrected chi connectivity index (χ0v) is 9.79. The molecule has 86 valence electrons. The Balaban J connectivity index is 2.05. The van der Waals surface area contributed by atoms with E-state index in [4.69, 9.17) is 10.2 Å². The van der Waals surface area contributed by atoms with Gasteiger partial charge in [0.05, 0.1) is 5.69 Å². The molecule has 0 saturated carbocycles. The quantitative estimate of drug-likeness (QED) is 0.829. The second-order valence-electron chi connectivity index (χ2n) is 4.81. The van der Waals surface area contributed by atoms with Crippen molar-refractivity contribution in [2.24, 2.45) is 5.73 Å².